The van der Waals surface area contributed by atoms with Gasteiger partial charge in [0.2, 0.25) is 0 Å². The third kappa shape index (κ3) is 3.49. The van der Waals surface area contributed by atoms with E-state index in [0.29, 0.717) is 28.3 Å². The van der Waals surface area contributed by atoms with Gasteiger partial charge >= 0.3 is 5.00 Å². The van der Waals surface area contributed by atoms with Crippen LogP contribution in [0.2, 0.25) is 0 Å². The van der Waals surface area contributed by atoms with Crippen molar-refractivity contribution in [2.24, 2.45) is 11.1 Å². The van der Waals surface area contributed by atoms with Crippen molar-refractivity contribution in [1.29, 1.82) is 5.26 Å². The number of carbonyl (C=O) groups is 1. The number of thiophene rings is 1. The molecule has 1 aromatic heterocycles. The van der Waals surface area contributed by atoms with E-state index in [-0.39, 0.29) is 34.0 Å². The number of halogens is 1. The summed E-state index contributed by atoms with van der Waals surface area (Å²) in [7, 11) is 0. The summed E-state index contributed by atoms with van der Waals surface area (Å²) in [5.74, 6) is -1.30. The molecule has 4 rings (SSSR count). The van der Waals surface area contributed by atoms with Crippen LogP contribution in [0.25, 0.3) is 0 Å². The quantitative estimate of drug-likeness (QED) is 0.547. The second-order valence-electron chi connectivity index (χ2n) is 8.39. The second kappa shape index (κ2) is 7.32. The minimum Gasteiger partial charge on any atom is -0.384 e. The van der Waals surface area contributed by atoms with Crippen LogP contribution in [0.3, 0.4) is 0 Å². The molecule has 1 aromatic carbocycles. The minimum absolute atomic E-state index is 0.0795. The first-order valence-corrected chi connectivity index (χ1v) is 10.4. The largest absolute Gasteiger partial charge is 0.384 e. The van der Waals surface area contributed by atoms with Crippen LogP contribution in [0, 0.1) is 32.7 Å². The van der Waals surface area contributed by atoms with Crippen LogP contribution >= 0.6 is 11.3 Å². The molecular weight excluding hydrogens is 419 g/mol. The Labute approximate surface area is 182 Å². The zero-order chi connectivity index (χ0) is 22.5. The van der Waals surface area contributed by atoms with Crippen molar-refractivity contribution in [3.63, 3.8) is 0 Å². The van der Waals surface area contributed by atoms with Crippen molar-refractivity contribution >= 4 is 27.8 Å². The third-order valence-corrected chi connectivity index (χ3v) is 6.63. The first-order chi connectivity index (χ1) is 14.6. The maximum absolute atomic E-state index is 14.0. The molecule has 0 fully saturated rings. The molecule has 0 spiro atoms. The maximum Gasteiger partial charge on any atom is 0.324 e. The highest BCUT2D eigenvalue weighted by Gasteiger charge is 2.45. The number of benzene rings is 1. The highest BCUT2D eigenvalue weighted by molar-refractivity contribution is 7.15. The molecule has 158 valence electrons. The normalized spacial score (nSPS) is 20.5. The predicted molar refractivity (Wildman–Crippen MR) is 114 cm³/mol. The number of Topliss-reactive ketones (excluding diaryl/α,β-unsaturated/α-hetero) is 1. The predicted octanol–water partition coefficient (Wildman–Crippen LogP) is 4.74. The summed E-state index contributed by atoms with van der Waals surface area (Å²) in [6.45, 7) is 3.92. The molecule has 1 atom stereocenters. The van der Waals surface area contributed by atoms with E-state index in [2.05, 4.69) is 6.07 Å². The zero-order valence-electron chi connectivity index (χ0n) is 16.9. The van der Waals surface area contributed by atoms with Crippen LogP contribution in [-0.2, 0) is 4.79 Å². The van der Waals surface area contributed by atoms with Gasteiger partial charge in [-0.1, -0.05) is 31.3 Å². The molecule has 0 unspecified atom stereocenters. The highest BCUT2D eigenvalue weighted by atomic mass is 32.1. The molecule has 0 saturated heterocycles. The lowest BCUT2D eigenvalue weighted by Crippen LogP contribution is -2.42. The summed E-state index contributed by atoms with van der Waals surface area (Å²) in [4.78, 5) is 26.1. The number of nitro groups is 1. The Morgan fingerprint density at radius 1 is 1.32 bits per heavy atom. The highest BCUT2D eigenvalue weighted by Crippen LogP contribution is 2.51. The summed E-state index contributed by atoms with van der Waals surface area (Å²) >= 11 is 0.921. The number of nitrogens with zero attached hydrogens (tertiary/aromatic N) is 3. The van der Waals surface area contributed by atoms with Gasteiger partial charge in [0, 0.05) is 28.6 Å². The van der Waals surface area contributed by atoms with E-state index in [9.17, 15) is 24.6 Å². The molecular formula is C22H19FN4O3S. The van der Waals surface area contributed by atoms with Gasteiger partial charge < -0.3 is 5.73 Å². The van der Waals surface area contributed by atoms with E-state index in [1.807, 2.05) is 13.8 Å². The average molecular weight is 438 g/mol. The van der Waals surface area contributed by atoms with E-state index in [1.54, 1.807) is 17.0 Å². The van der Waals surface area contributed by atoms with Gasteiger partial charge in [-0.25, -0.2) is 4.39 Å². The summed E-state index contributed by atoms with van der Waals surface area (Å²) in [6, 6.07) is 10.8. The Kier molecular flexibility index (Phi) is 4.90. The number of ketones is 1. The van der Waals surface area contributed by atoms with E-state index in [4.69, 9.17) is 5.73 Å². The summed E-state index contributed by atoms with van der Waals surface area (Å²) in [6.07, 6.45) is 0.749. The SMILES string of the molecule is CC1(C)CC(=O)C2=C(C1)N(c1cccc(F)c1)C(N)=C(C#N)[C@H]2c1ccc([N+](=O)[O-])s1. The fourth-order valence-corrected chi connectivity index (χ4v) is 5.24. The monoisotopic (exact) mass is 438 g/mol. The molecule has 1 aliphatic carbocycles. The van der Waals surface area contributed by atoms with Gasteiger partial charge in [-0.15, -0.1) is 0 Å². The van der Waals surface area contributed by atoms with Gasteiger partial charge in [0.1, 0.15) is 11.6 Å². The van der Waals surface area contributed by atoms with E-state index >= 15 is 0 Å². The number of allylic oxidation sites excluding steroid dienone is 3. The maximum atomic E-state index is 14.0. The standard InChI is InChI=1S/C22H19FN4O3S/c1-22(2)9-15-20(16(28)10-22)19(17-6-7-18(31-17)27(29)30)14(11-24)21(25)26(15)13-5-3-4-12(23)8-13/h3-8,19H,9-10,25H2,1-2H3/t19-/m0/s1. The van der Waals surface area contributed by atoms with Gasteiger partial charge in [0.05, 0.1) is 28.2 Å². The average Bonchev–Trinajstić information content (AvgIpc) is 3.16. The summed E-state index contributed by atoms with van der Waals surface area (Å²) in [5.41, 5.74) is 7.60. The lowest BCUT2D eigenvalue weighted by atomic mass is 9.69. The van der Waals surface area contributed by atoms with Crippen LogP contribution in [-0.4, -0.2) is 10.7 Å². The van der Waals surface area contributed by atoms with E-state index < -0.39 is 16.7 Å². The van der Waals surface area contributed by atoms with Gasteiger partial charge in [-0.3, -0.25) is 19.8 Å². The van der Waals surface area contributed by atoms with Crippen LogP contribution < -0.4 is 10.6 Å². The van der Waals surface area contributed by atoms with Crippen molar-refractivity contribution in [2.45, 2.75) is 32.6 Å². The molecule has 2 heterocycles. The minimum atomic E-state index is -0.785. The topological polar surface area (TPSA) is 113 Å². The van der Waals surface area contributed by atoms with Gasteiger partial charge in [0.15, 0.2) is 5.78 Å². The third-order valence-electron chi connectivity index (χ3n) is 5.52. The van der Waals surface area contributed by atoms with Gasteiger partial charge in [-0.2, -0.15) is 5.26 Å². The Morgan fingerprint density at radius 3 is 2.68 bits per heavy atom. The molecule has 2 aliphatic rings. The molecule has 9 heteroatoms. The molecule has 0 radical (unpaired) electrons. The second-order valence-corrected chi connectivity index (χ2v) is 9.49. The van der Waals surface area contributed by atoms with Gasteiger partial charge in [-0.05, 0) is 36.1 Å². The molecule has 2 aromatic rings. The number of hydrogen-bond acceptors (Lipinski definition) is 7. The Bertz CT molecular complexity index is 1220. The molecule has 0 bridgehead atoms. The molecule has 31 heavy (non-hydrogen) atoms. The molecule has 2 N–H and O–H groups in total. The Hall–Kier alpha value is -3.51. The first kappa shape index (κ1) is 20.8. The Morgan fingerprint density at radius 2 is 2.06 bits per heavy atom. The molecule has 1 aliphatic heterocycles. The number of nitrogens with two attached hydrogens (primary N) is 1. The van der Waals surface area contributed by atoms with Crippen LogP contribution in [0.1, 0.15) is 37.5 Å². The fraction of sp³-hybridized carbons (Fsp3) is 0.273. The van der Waals surface area contributed by atoms with Crippen molar-refractivity contribution in [2.75, 3.05) is 4.90 Å². The van der Waals surface area contributed by atoms with Crippen molar-refractivity contribution in [3.05, 3.63) is 79.9 Å². The Balaban J connectivity index is 1.99. The molecule has 0 amide bonds. The first-order valence-electron chi connectivity index (χ1n) is 9.59. The van der Waals surface area contributed by atoms with Crippen LogP contribution in [0.4, 0.5) is 15.1 Å². The number of nitriles is 1. The number of rotatable bonds is 3. The lowest BCUT2D eigenvalue weighted by molar-refractivity contribution is -0.380. The van der Waals surface area contributed by atoms with Crippen molar-refractivity contribution in [3.8, 4) is 6.07 Å². The van der Waals surface area contributed by atoms with E-state index in [0.717, 1.165) is 11.3 Å². The lowest BCUT2D eigenvalue weighted by Gasteiger charge is -2.43. The number of anilines is 1. The van der Waals surface area contributed by atoms with Crippen LogP contribution in [0.5, 0.6) is 0 Å². The smallest absolute Gasteiger partial charge is 0.324 e. The molecule has 7 nitrogen and oxygen atoms in total. The van der Waals surface area contributed by atoms with E-state index in [1.165, 1.54) is 24.3 Å². The summed E-state index contributed by atoms with van der Waals surface area (Å²) < 4.78 is 14.0. The van der Waals surface area contributed by atoms with Gasteiger partial charge in [0.25, 0.3) is 0 Å². The van der Waals surface area contributed by atoms with Crippen LogP contribution in [0.15, 0.2) is 59.1 Å². The number of carbonyl (C=O) groups excluding carboxylic acids is 1. The summed E-state index contributed by atoms with van der Waals surface area (Å²) in [5, 5.41) is 21.1. The molecule has 0 saturated carbocycles. The fourth-order valence-electron chi connectivity index (χ4n) is 4.30. The van der Waals surface area contributed by atoms with Crippen molar-refractivity contribution in [1.82, 2.24) is 0 Å². The number of hydrogen-bond donors (Lipinski definition) is 1. The van der Waals surface area contributed by atoms with Crippen molar-refractivity contribution < 1.29 is 14.1 Å². The zero-order valence-corrected chi connectivity index (χ0v) is 17.7.